The molecule has 1 atom stereocenters. The SMILES string of the molecule is CCCC(OC)c1noc(-c2ccc(N)cc2)n1. The summed E-state index contributed by atoms with van der Waals surface area (Å²) >= 11 is 0. The molecule has 1 aromatic heterocycles. The monoisotopic (exact) mass is 247 g/mol. The first-order chi connectivity index (χ1) is 8.74. The van der Waals surface area contributed by atoms with Gasteiger partial charge >= 0.3 is 0 Å². The second-order valence-corrected chi connectivity index (χ2v) is 4.09. The molecule has 0 aliphatic rings. The van der Waals surface area contributed by atoms with Crippen LogP contribution >= 0.6 is 0 Å². The minimum Gasteiger partial charge on any atom is -0.399 e. The number of hydrogen-bond acceptors (Lipinski definition) is 5. The normalized spacial score (nSPS) is 12.6. The Morgan fingerprint density at radius 2 is 2.06 bits per heavy atom. The number of ether oxygens (including phenoxy) is 1. The van der Waals surface area contributed by atoms with E-state index >= 15 is 0 Å². The summed E-state index contributed by atoms with van der Waals surface area (Å²) in [6, 6.07) is 7.32. The Balaban J connectivity index is 2.21. The lowest BCUT2D eigenvalue weighted by molar-refractivity contribution is 0.0854. The van der Waals surface area contributed by atoms with Crippen molar-refractivity contribution in [1.82, 2.24) is 10.1 Å². The van der Waals surface area contributed by atoms with Gasteiger partial charge in [-0.05, 0) is 30.7 Å². The molecule has 0 saturated carbocycles. The highest BCUT2D eigenvalue weighted by molar-refractivity contribution is 5.56. The Kier molecular flexibility index (Phi) is 3.94. The van der Waals surface area contributed by atoms with Gasteiger partial charge in [0.15, 0.2) is 0 Å². The van der Waals surface area contributed by atoms with Gasteiger partial charge in [-0.3, -0.25) is 0 Å². The number of rotatable bonds is 5. The number of benzene rings is 1. The van der Waals surface area contributed by atoms with Crippen molar-refractivity contribution in [2.75, 3.05) is 12.8 Å². The molecular formula is C13H17N3O2. The molecule has 0 bridgehead atoms. The van der Waals surface area contributed by atoms with Gasteiger partial charge in [0.25, 0.3) is 5.89 Å². The molecule has 1 aromatic carbocycles. The molecule has 0 aliphatic heterocycles. The molecule has 1 unspecified atom stereocenters. The molecule has 0 amide bonds. The first-order valence-electron chi connectivity index (χ1n) is 5.97. The van der Waals surface area contributed by atoms with Gasteiger partial charge in [-0.2, -0.15) is 4.98 Å². The largest absolute Gasteiger partial charge is 0.399 e. The smallest absolute Gasteiger partial charge is 0.258 e. The number of methoxy groups -OCH3 is 1. The Hall–Kier alpha value is -1.88. The highest BCUT2D eigenvalue weighted by Crippen LogP contribution is 2.23. The van der Waals surface area contributed by atoms with Crippen LogP contribution in [0.25, 0.3) is 11.5 Å². The third-order valence-electron chi connectivity index (χ3n) is 2.72. The van der Waals surface area contributed by atoms with Gasteiger partial charge in [-0.25, -0.2) is 0 Å². The number of nitrogens with zero attached hydrogens (tertiary/aromatic N) is 2. The maximum atomic E-state index is 5.63. The van der Waals surface area contributed by atoms with Gasteiger partial charge in [-0.15, -0.1) is 0 Å². The first-order valence-corrected chi connectivity index (χ1v) is 5.97. The van der Waals surface area contributed by atoms with Gasteiger partial charge in [0, 0.05) is 18.4 Å². The lowest BCUT2D eigenvalue weighted by atomic mass is 10.2. The summed E-state index contributed by atoms with van der Waals surface area (Å²) in [5.74, 6) is 1.08. The fourth-order valence-corrected chi connectivity index (χ4v) is 1.72. The molecule has 2 aromatic rings. The van der Waals surface area contributed by atoms with Crippen molar-refractivity contribution >= 4 is 5.69 Å². The van der Waals surface area contributed by atoms with Crippen molar-refractivity contribution in [3.63, 3.8) is 0 Å². The van der Waals surface area contributed by atoms with Crippen LogP contribution in [0, 0.1) is 0 Å². The van der Waals surface area contributed by atoms with E-state index in [0.29, 0.717) is 17.4 Å². The molecule has 18 heavy (non-hydrogen) atoms. The van der Waals surface area contributed by atoms with E-state index in [0.717, 1.165) is 18.4 Å². The minimum atomic E-state index is -0.110. The predicted octanol–water partition coefficient (Wildman–Crippen LogP) is 2.81. The summed E-state index contributed by atoms with van der Waals surface area (Å²) in [7, 11) is 1.65. The van der Waals surface area contributed by atoms with E-state index < -0.39 is 0 Å². The van der Waals surface area contributed by atoms with Crippen molar-refractivity contribution in [1.29, 1.82) is 0 Å². The third-order valence-corrected chi connectivity index (χ3v) is 2.72. The molecule has 5 heteroatoms. The van der Waals surface area contributed by atoms with Gasteiger partial charge in [0.1, 0.15) is 6.10 Å². The molecule has 2 rings (SSSR count). The van der Waals surface area contributed by atoms with Gasteiger partial charge in [0.05, 0.1) is 0 Å². The molecule has 0 radical (unpaired) electrons. The van der Waals surface area contributed by atoms with Gasteiger partial charge in [0.2, 0.25) is 5.82 Å². The van der Waals surface area contributed by atoms with E-state index in [-0.39, 0.29) is 6.10 Å². The summed E-state index contributed by atoms with van der Waals surface area (Å²) in [6.45, 7) is 2.09. The first kappa shape index (κ1) is 12.6. The van der Waals surface area contributed by atoms with Crippen LogP contribution in [-0.2, 0) is 4.74 Å². The van der Waals surface area contributed by atoms with Crippen molar-refractivity contribution in [2.24, 2.45) is 0 Å². The van der Waals surface area contributed by atoms with Crippen LogP contribution in [0.5, 0.6) is 0 Å². The number of aromatic nitrogens is 2. The predicted molar refractivity (Wildman–Crippen MR) is 68.8 cm³/mol. The zero-order valence-corrected chi connectivity index (χ0v) is 10.6. The quantitative estimate of drug-likeness (QED) is 0.822. The zero-order chi connectivity index (χ0) is 13.0. The minimum absolute atomic E-state index is 0.110. The van der Waals surface area contributed by atoms with Crippen molar-refractivity contribution in [3.05, 3.63) is 30.1 Å². The second kappa shape index (κ2) is 5.64. The van der Waals surface area contributed by atoms with Crippen LogP contribution in [0.4, 0.5) is 5.69 Å². The van der Waals surface area contributed by atoms with Crippen LogP contribution < -0.4 is 5.73 Å². The molecule has 0 aliphatic carbocycles. The fraction of sp³-hybridized carbons (Fsp3) is 0.385. The van der Waals surface area contributed by atoms with E-state index in [9.17, 15) is 0 Å². The molecule has 5 nitrogen and oxygen atoms in total. The Labute approximate surface area is 106 Å². The average Bonchev–Trinajstić information content (AvgIpc) is 2.86. The van der Waals surface area contributed by atoms with Crippen LogP contribution in [0.2, 0.25) is 0 Å². The van der Waals surface area contributed by atoms with Gasteiger partial charge < -0.3 is 15.0 Å². The van der Waals surface area contributed by atoms with E-state index in [1.54, 1.807) is 19.2 Å². The van der Waals surface area contributed by atoms with Crippen LogP contribution in [0.3, 0.4) is 0 Å². The topological polar surface area (TPSA) is 74.2 Å². The Morgan fingerprint density at radius 1 is 1.33 bits per heavy atom. The van der Waals surface area contributed by atoms with Crippen molar-refractivity contribution < 1.29 is 9.26 Å². The van der Waals surface area contributed by atoms with E-state index in [2.05, 4.69) is 17.1 Å². The molecule has 2 N–H and O–H groups in total. The van der Waals surface area contributed by atoms with Crippen molar-refractivity contribution in [2.45, 2.75) is 25.9 Å². The van der Waals surface area contributed by atoms with E-state index in [1.165, 1.54) is 0 Å². The molecular weight excluding hydrogens is 230 g/mol. The summed E-state index contributed by atoms with van der Waals surface area (Å²) in [5, 5.41) is 3.96. The average molecular weight is 247 g/mol. The molecule has 0 saturated heterocycles. The van der Waals surface area contributed by atoms with Crippen molar-refractivity contribution in [3.8, 4) is 11.5 Å². The standard InChI is InChI=1S/C13H17N3O2/c1-3-4-11(17-2)12-15-13(18-16-12)9-5-7-10(14)8-6-9/h5-8,11H,3-4,14H2,1-2H3. The lowest BCUT2D eigenvalue weighted by Crippen LogP contribution is -2.03. The lowest BCUT2D eigenvalue weighted by Gasteiger charge is -2.08. The highest BCUT2D eigenvalue weighted by Gasteiger charge is 2.17. The molecule has 96 valence electrons. The molecule has 1 heterocycles. The third kappa shape index (κ3) is 2.68. The Morgan fingerprint density at radius 3 is 2.67 bits per heavy atom. The highest BCUT2D eigenvalue weighted by atomic mass is 16.5. The van der Waals surface area contributed by atoms with Crippen LogP contribution in [0.15, 0.2) is 28.8 Å². The fourth-order valence-electron chi connectivity index (χ4n) is 1.72. The number of hydrogen-bond donors (Lipinski definition) is 1. The zero-order valence-electron chi connectivity index (χ0n) is 10.6. The number of nitrogens with two attached hydrogens (primary N) is 1. The maximum absolute atomic E-state index is 5.63. The van der Waals surface area contributed by atoms with E-state index in [1.807, 2.05) is 12.1 Å². The summed E-state index contributed by atoms with van der Waals surface area (Å²) < 4.78 is 10.6. The molecule has 0 spiro atoms. The summed E-state index contributed by atoms with van der Waals surface area (Å²) in [5.41, 5.74) is 7.20. The number of nitrogen functional groups attached to an aromatic ring is 1. The van der Waals surface area contributed by atoms with Crippen LogP contribution in [0.1, 0.15) is 31.7 Å². The van der Waals surface area contributed by atoms with Crippen LogP contribution in [-0.4, -0.2) is 17.3 Å². The summed E-state index contributed by atoms with van der Waals surface area (Å²) in [4.78, 5) is 4.36. The summed E-state index contributed by atoms with van der Waals surface area (Å²) in [6.07, 6.45) is 1.77. The Bertz CT molecular complexity index is 493. The van der Waals surface area contributed by atoms with Gasteiger partial charge in [-0.1, -0.05) is 18.5 Å². The maximum Gasteiger partial charge on any atom is 0.258 e. The molecule has 0 fully saturated rings. The second-order valence-electron chi connectivity index (χ2n) is 4.09. The number of anilines is 1. The van der Waals surface area contributed by atoms with E-state index in [4.69, 9.17) is 15.0 Å².